The third-order valence-electron chi connectivity index (χ3n) is 4.15. The third kappa shape index (κ3) is 3.55. The molecule has 1 aromatic rings. The van der Waals surface area contributed by atoms with Gasteiger partial charge < -0.3 is 5.73 Å². The van der Waals surface area contributed by atoms with Crippen LogP contribution in [0.4, 0.5) is 8.78 Å². The Hall–Kier alpha value is -1.00. The summed E-state index contributed by atoms with van der Waals surface area (Å²) in [5.74, 6) is -0.738. The Morgan fingerprint density at radius 1 is 1.20 bits per heavy atom. The van der Waals surface area contributed by atoms with Gasteiger partial charge in [0.1, 0.15) is 11.6 Å². The van der Waals surface area contributed by atoms with Gasteiger partial charge in [0, 0.05) is 12.1 Å². The van der Waals surface area contributed by atoms with Gasteiger partial charge in [-0.1, -0.05) is 13.3 Å². The van der Waals surface area contributed by atoms with Crippen LogP contribution in [-0.2, 0) is 0 Å². The summed E-state index contributed by atoms with van der Waals surface area (Å²) in [7, 11) is 0. The van der Waals surface area contributed by atoms with Crippen molar-refractivity contribution in [3.8, 4) is 0 Å². The van der Waals surface area contributed by atoms with Crippen LogP contribution in [0.3, 0.4) is 0 Å². The Labute approximate surface area is 120 Å². The Bertz CT molecular complexity index is 416. The van der Waals surface area contributed by atoms with Gasteiger partial charge >= 0.3 is 0 Å². The van der Waals surface area contributed by atoms with Crippen LogP contribution < -0.4 is 5.73 Å². The molecule has 1 fully saturated rings. The number of rotatable bonds is 4. The number of hydrogen-bond acceptors (Lipinski definition) is 2. The molecule has 1 heterocycles. The first-order chi connectivity index (χ1) is 9.65. The second-order valence-electron chi connectivity index (χ2n) is 5.68. The van der Waals surface area contributed by atoms with Crippen LogP contribution in [-0.4, -0.2) is 24.5 Å². The molecule has 1 aliphatic rings. The minimum atomic E-state index is -0.503. The molecule has 0 aliphatic carbocycles. The molecule has 0 radical (unpaired) electrons. The van der Waals surface area contributed by atoms with E-state index < -0.39 is 11.6 Å². The van der Waals surface area contributed by atoms with Crippen molar-refractivity contribution in [1.29, 1.82) is 0 Å². The van der Waals surface area contributed by atoms with Crippen LogP contribution >= 0.6 is 0 Å². The highest BCUT2D eigenvalue weighted by Gasteiger charge is 2.30. The summed E-state index contributed by atoms with van der Waals surface area (Å²) in [4.78, 5) is 2.35. The maximum Gasteiger partial charge on any atom is 0.126 e. The molecule has 20 heavy (non-hydrogen) atoms. The van der Waals surface area contributed by atoms with Crippen molar-refractivity contribution in [3.63, 3.8) is 0 Å². The monoisotopic (exact) mass is 282 g/mol. The Morgan fingerprint density at radius 3 is 2.50 bits per heavy atom. The number of nitrogens with zero attached hydrogens (tertiary/aromatic N) is 1. The molecule has 2 rings (SSSR count). The van der Waals surface area contributed by atoms with E-state index >= 15 is 0 Å². The molecule has 0 amide bonds. The van der Waals surface area contributed by atoms with Gasteiger partial charge in [-0.3, -0.25) is 4.90 Å². The average molecular weight is 282 g/mol. The Balaban J connectivity index is 2.37. The lowest BCUT2D eigenvalue weighted by Crippen LogP contribution is -2.36. The van der Waals surface area contributed by atoms with Crippen molar-refractivity contribution in [2.75, 3.05) is 19.6 Å². The number of hydrogen-bond donors (Lipinski definition) is 1. The topological polar surface area (TPSA) is 29.3 Å². The standard InChI is InChI=1S/C16H24F2N2/c1-2-6-20-7-4-3-5-12(11-19)16(20)13-8-14(17)10-15(18)9-13/h8-10,12,16H,2-7,11,19H2,1H3. The van der Waals surface area contributed by atoms with E-state index in [9.17, 15) is 8.78 Å². The van der Waals surface area contributed by atoms with Crippen molar-refractivity contribution in [3.05, 3.63) is 35.4 Å². The minimum Gasteiger partial charge on any atom is -0.330 e. The third-order valence-corrected chi connectivity index (χ3v) is 4.15. The van der Waals surface area contributed by atoms with Gasteiger partial charge in [0.15, 0.2) is 0 Å². The van der Waals surface area contributed by atoms with Crippen molar-refractivity contribution >= 4 is 0 Å². The van der Waals surface area contributed by atoms with Gasteiger partial charge in [0.05, 0.1) is 0 Å². The van der Waals surface area contributed by atoms with E-state index in [2.05, 4.69) is 11.8 Å². The molecule has 4 heteroatoms. The molecular formula is C16H24F2N2. The fraction of sp³-hybridized carbons (Fsp3) is 0.625. The Kier molecular flexibility index (Phi) is 5.49. The van der Waals surface area contributed by atoms with E-state index in [4.69, 9.17) is 5.73 Å². The fourth-order valence-corrected chi connectivity index (χ4v) is 3.33. The first kappa shape index (κ1) is 15.4. The highest BCUT2D eigenvalue weighted by molar-refractivity contribution is 5.23. The normalized spacial score (nSPS) is 24.6. The average Bonchev–Trinajstić information content (AvgIpc) is 2.60. The summed E-state index contributed by atoms with van der Waals surface area (Å²) in [6.45, 7) is 4.61. The predicted molar refractivity (Wildman–Crippen MR) is 77.4 cm³/mol. The lowest BCUT2D eigenvalue weighted by molar-refractivity contribution is 0.158. The van der Waals surface area contributed by atoms with Crippen LogP contribution in [0.2, 0.25) is 0 Å². The van der Waals surface area contributed by atoms with Gasteiger partial charge in [-0.25, -0.2) is 8.78 Å². The molecule has 2 atom stereocenters. The molecule has 0 spiro atoms. The second-order valence-corrected chi connectivity index (χ2v) is 5.68. The zero-order valence-electron chi connectivity index (χ0n) is 12.1. The van der Waals surface area contributed by atoms with Crippen molar-refractivity contribution in [2.24, 2.45) is 11.7 Å². The number of benzene rings is 1. The van der Waals surface area contributed by atoms with Gasteiger partial charge in [-0.05, 0) is 62.5 Å². The second kappa shape index (κ2) is 7.14. The van der Waals surface area contributed by atoms with E-state index in [1.54, 1.807) is 0 Å². The molecule has 2 nitrogen and oxygen atoms in total. The number of halogens is 2. The van der Waals surface area contributed by atoms with Crippen molar-refractivity contribution < 1.29 is 8.78 Å². The molecule has 2 unspecified atom stereocenters. The maximum absolute atomic E-state index is 13.5. The Morgan fingerprint density at radius 2 is 1.90 bits per heavy atom. The summed E-state index contributed by atoms with van der Waals surface area (Å²) < 4.78 is 27.1. The van der Waals surface area contributed by atoms with E-state index in [-0.39, 0.29) is 12.0 Å². The summed E-state index contributed by atoms with van der Waals surface area (Å²) in [6, 6.07) is 3.89. The minimum absolute atomic E-state index is 0.0349. The van der Waals surface area contributed by atoms with Crippen LogP contribution in [0, 0.1) is 17.6 Å². The van der Waals surface area contributed by atoms with E-state index in [0.717, 1.165) is 50.4 Å². The van der Waals surface area contributed by atoms with Gasteiger partial charge in [-0.2, -0.15) is 0 Å². The molecule has 112 valence electrons. The molecule has 2 N–H and O–H groups in total. The predicted octanol–water partition coefficient (Wildman–Crippen LogP) is 3.48. The largest absolute Gasteiger partial charge is 0.330 e. The fourth-order valence-electron chi connectivity index (χ4n) is 3.33. The van der Waals surface area contributed by atoms with E-state index in [1.165, 1.54) is 12.1 Å². The quantitative estimate of drug-likeness (QED) is 0.916. The molecule has 1 aliphatic heterocycles. The number of likely N-dealkylation sites (tertiary alicyclic amines) is 1. The zero-order chi connectivity index (χ0) is 14.5. The zero-order valence-corrected chi connectivity index (χ0v) is 12.1. The van der Waals surface area contributed by atoms with E-state index in [0.29, 0.717) is 6.54 Å². The van der Waals surface area contributed by atoms with Crippen LogP contribution in [0.5, 0.6) is 0 Å². The van der Waals surface area contributed by atoms with Gasteiger partial charge in [0.25, 0.3) is 0 Å². The molecule has 1 aromatic carbocycles. The molecule has 0 aromatic heterocycles. The summed E-state index contributed by atoms with van der Waals surface area (Å²) in [5.41, 5.74) is 6.65. The molecule has 0 bridgehead atoms. The lowest BCUT2D eigenvalue weighted by atomic mass is 9.89. The summed E-state index contributed by atoms with van der Waals surface area (Å²) in [6.07, 6.45) is 4.33. The lowest BCUT2D eigenvalue weighted by Gasteiger charge is -2.35. The maximum atomic E-state index is 13.5. The SMILES string of the molecule is CCCN1CCCCC(CN)C1c1cc(F)cc(F)c1. The van der Waals surface area contributed by atoms with Gasteiger partial charge in [-0.15, -0.1) is 0 Å². The number of nitrogens with two attached hydrogens (primary N) is 1. The van der Waals surface area contributed by atoms with Crippen molar-refractivity contribution in [1.82, 2.24) is 4.90 Å². The molecule has 0 saturated carbocycles. The van der Waals surface area contributed by atoms with Crippen LogP contribution in [0.1, 0.15) is 44.2 Å². The first-order valence-electron chi connectivity index (χ1n) is 7.55. The van der Waals surface area contributed by atoms with Crippen LogP contribution in [0.25, 0.3) is 0 Å². The summed E-state index contributed by atoms with van der Waals surface area (Å²) in [5, 5.41) is 0. The first-order valence-corrected chi connectivity index (χ1v) is 7.55. The highest BCUT2D eigenvalue weighted by atomic mass is 19.1. The van der Waals surface area contributed by atoms with Crippen LogP contribution in [0.15, 0.2) is 18.2 Å². The highest BCUT2D eigenvalue weighted by Crippen LogP contribution is 2.35. The summed E-state index contributed by atoms with van der Waals surface area (Å²) >= 11 is 0. The van der Waals surface area contributed by atoms with Crippen molar-refractivity contribution in [2.45, 2.75) is 38.6 Å². The molecule has 1 saturated heterocycles. The van der Waals surface area contributed by atoms with E-state index in [1.807, 2.05) is 0 Å². The molecular weight excluding hydrogens is 258 g/mol. The smallest absolute Gasteiger partial charge is 0.126 e. The van der Waals surface area contributed by atoms with Gasteiger partial charge in [0.2, 0.25) is 0 Å².